The summed E-state index contributed by atoms with van der Waals surface area (Å²) in [6.07, 6.45) is 0. The molecule has 2 N–H and O–H groups in total. The summed E-state index contributed by atoms with van der Waals surface area (Å²) in [6, 6.07) is 13.2. The van der Waals surface area contributed by atoms with E-state index in [1.807, 2.05) is 0 Å². The largest absolute Gasteiger partial charge is 0.321 e. The molecule has 0 saturated heterocycles. The standard InChI is InChI=1S/C15H10ClNO4S/c16-10-6-7-12-11(8-10)13(9-4-2-1-3-5-9)14(15(18)17-12)22(19,20)21/h1-8H,(H,17,18)(H,19,20,21). The number of nitrogens with one attached hydrogen (secondary N) is 1. The SMILES string of the molecule is O=c1[nH]c2ccc(Cl)cc2c(-c2ccccc2)c1S(=O)(=O)O. The number of fused-ring (bicyclic) bond motifs is 1. The zero-order chi connectivity index (χ0) is 15.9. The Labute approximate surface area is 130 Å². The molecular formula is C15H10ClNO4S. The molecule has 1 heterocycles. The van der Waals surface area contributed by atoms with Gasteiger partial charge in [-0.3, -0.25) is 9.35 Å². The van der Waals surface area contributed by atoms with Crippen LogP contribution >= 0.6 is 11.6 Å². The van der Waals surface area contributed by atoms with Gasteiger partial charge in [0.15, 0.2) is 4.90 Å². The molecule has 1 aromatic heterocycles. The molecule has 0 fully saturated rings. The first kappa shape index (κ1) is 14.8. The molecule has 0 aliphatic rings. The number of aromatic amines is 1. The van der Waals surface area contributed by atoms with Crippen LogP contribution in [0.25, 0.3) is 22.0 Å². The molecule has 112 valence electrons. The van der Waals surface area contributed by atoms with Crippen LogP contribution in [0.15, 0.2) is 58.2 Å². The van der Waals surface area contributed by atoms with Gasteiger partial charge in [0, 0.05) is 21.5 Å². The molecule has 0 spiro atoms. The topological polar surface area (TPSA) is 87.2 Å². The highest BCUT2D eigenvalue weighted by molar-refractivity contribution is 7.86. The summed E-state index contributed by atoms with van der Waals surface area (Å²) in [5.41, 5.74) is 0.176. The van der Waals surface area contributed by atoms with Gasteiger partial charge < -0.3 is 4.98 Å². The molecule has 0 aliphatic carbocycles. The van der Waals surface area contributed by atoms with Crippen LogP contribution in [0, 0.1) is 0 Å². The number of aromatic nitrogens is 1. The van der Waals surface area contributed by atoms with Gasteiger partial charge in [-0.15, -0.1) is 0 Å². The monoisotopic (exact) mass is 335 g/mol. The lowest BCUT2D eigenvalue weighted by Gasteiger charge is -2.11. The fraction of sp³-hybridized carbons (Fsp3) is 0. The quantitative estimate of drug-likeness (QED) is 0.704. The average Bonchev–Trinajstić information content (AvgIpc) is 2.46. The van der Waals surface area contributed by atoms with Crippen LogP contribution in [0.5, 0.6) is 0 Å². The molecule has 0 radical (unpaired) electrons. The van der Waals surface area contributed by atoms with E-state index in [0.29, 0.717) is 21.5 Å². The van der Waals surface area contributed by atoms with E-state index in [-0.39, 0.29) is 5.56 Å². The minimum Gasteiger partial charge on any atom is -0.321 e. The molecule has 0 atom stereocenters. The van der Waals surface area contributed by atoms with Gasteiger partial charge in [-0.05, 0) is 23.8 Å². The van der Waals surface area contributed by atoms with E-state index in [4.69, 9.17) is 11.6 Å². The van der Waals surface area contributed by atoms with Crippen LogP contribution in [0.1, 0.15) is 0 Å². The first-order chi connectivity index (χ1) is 10.4. The molecule has 3 aromatic rings. The maximum absolute atomic E-state index is 12.1. The van der Waals surface area contributed by atoms with Crippen molar-refractivity contribution in [3.63, 3.8) is 0 Å². The third kappa shape index (κ3) is 2.52. The van der Waals surface area contributed by atoms with Gasteiger partial charge in [0.05, 0.1) is 0 Å². The zero-order valence-corrected chi connectivity index (χ0v) is 12.6. The highest BCUT2D eigenvalue weighted by Gasteiger charge is 2.24. The molecule has 5 nitrogen and oxygen atoms in total. The highest BCUT2D eigenvalue weighted by atomic mass is 35.5. The molecule has 0 unspecified atom stereocenters. The second-order valence-corrected chi connectivity index (χ2v) is 6.48. The first-order valence-electron chi connectivity index (χ1n) is 6.26. The Hall–Kier alpha value is -2.15. The summed E-state index contributed by atoms with van der Waals surface area (Å²) < 4.78 is 32.8. The molecule has 0 bridgehead atoms. The maximum atomic E-state index is 12.1. The predicted octanol–water partition coefficient (Wildman–Crippen LogP) is 3.10. The van der Waals surface area contributed by atoms with E-state index in [9.17, 15) is 17.8 Å². The van der Waals surface area contributed by atoms with Crippen LogP contribution in [0.3, 0.4) is 0 Å². The maximum Gasteiger partial charge on any atom is 0.300 e. The van der Waals surface area contributed by atoms with Crippen LogP contribution in [0.4, 0.5) is 0 Å². The Morgan fingerprint density at radius 3 is 2.36 bits per heavy atom. The summed E-state index contributed by atoms with van der Waals surface area (Å²) >= 11 is 5.98. The van der Waals surface area contributed by atoms with E-state index in [0.717, 1.165) is 0 Å². The van der Waals surface area contributed by atoms with Gasteiger partial charge in [-0.2, -0.15) is 8.42 Å². The van der Waals surface area contributed by atoms with Crippen LogP contribution in [0.2, 0.25) is 5.02 Å². The van der Waals surface area contributed by atoms with Gasteiger partial charge in [-0.1, -0.05) is 41.9 Å². The summed E-state index contributed by atoms with van der Waals surface area (Å²) in [4.78, 5) is 13.9. The molecule has 3 rings (SSSR count). The van der Waals surface area contributed by atoms with Crippen molar-refractivity contribution < 1.29 is 13.0 Å². The van der Waals surface area contributed by atoms with Crippen LogP contribution in [-0.2, 0) is 10.1 Å². The molecule has 2 aromatic carbocycles. The summed E-state index contributed by atoms with van der Waals surface area (Å²) in [5, 5.41) is 0.823. The number of rotatable bonds is 2. The zero-order valence-electron chi connectivity index (χ0n) is 11.1. The van der Waals surface area contributed by atoms with Crippen LogP contribution in [-0.4, -0.2) is 18.0 Å². The number of pyridine rings is 1. The van der Waals surface area contributed by atoms with Crippen molar-refractivity contribution in [2.45, 2.75) is 4.90 Å². The van der Waals surface area contributed by atoms with E-state index in [1.165, 1.54) is 0 Å². The van der Waals surface area contributed by atoms with Crippen molar-refractivity contribution in [1.82, 2.24) is 4.98 Å². The van der Waals surface area contributed by atoms with E-state index in [2.05, 4.69) is 4.98 Å². The lowest BCUT2D eigenvalue weighted by atomic mass is 10.0. The Morgan fingerprint density at radius 1 is 1.05 bits per heavy atom. The Balaban J connectivity index is 2.59. The van der Waals surface area contributed by atoms with Gasteiger partial charge in [0.1, 0.15) is 0 Å². The average molecular weight is 336 g/mol. The van der Waals surface area contributed by atoms with Gasteiger partial charge in [0.2, 0.25) is 0 Å². The summed E-state index contributed by atoms with van der Waals surface area (Å²) in [7, 11) is -4.70. The van der Waals surface area contributed by atoms with Crippen molar-refractivity contribution in [2.24, 2.45) is 0 Å². The minimum atomic E-state index is -4.70. The fourth-order valence-corrected chi connectivity index (χ4v) is 3.33. The summed E-state index contributed by atoms with van der Waals surface area (Å²) in [6.45, 7) is 0. The molecule has 7 heteroatoms. The molecule has 0 saturated carbocycles. The lowest BCUT2D eigenvalue weighted by Crippen LogP contribution is -2.19. The van der Waals surface area contributed by atoms with E-state index < -0.39 is 20.6 Å². The Bertz CT molecular complexity index is 1030. The van der Waals surface area contributed by atoms with Crippen molar-refractivity contribution in [1.29, 1.82) is 0 Å². The van der Waals surface area contributed by atoms with Crippen molar-refractivity contribution >= 4 is 32.6 Å². The first-order valence-corrected chi connectivity index (χ1v) is 8.08. The number of halogens is 1. The normalized spacial score (nSPS) is 11.7. The number of H-pyrrole nitrogens is 1. The fourth-order valence-electron chi connectivity index (χ4n) is 2.38. The van der Waals surface area contributed by atoms with Crippen molar-refractivity contribution in [2.75, 3.05) is 0 Å². The molecular weight excluding hydrogens is 326 g/mol. The smallest absolute Gasteiger partial charge is 0.300 e. The van der Waals surface area contributed by atoms with Crippen LogP contribution < -0.4 is 5.56 Å². The molecule has 22 heavy (non-hydrogen) atoms. The van der Waals surface area contributed by atoms with Gasteiger partial charge in [0.25, 0.3) is 5.56 Å². The second kappa shape index (κ2) is 5.24. The predicted molar refractivity (Wildman–Crippen MR) is 84.8 cm³/mol. The molecule has 0 aliphatic heterocycles. The Morgan fingerprint density at radius 2 is 1.73 bits per heavy atom. The van der Waals surface area contributed by atoms with Crippen molar-refractivity contribution in [3.8, 4) is 11.1 Å². The third-order valence-corrected chi connectivity index (χ3v) is 4.39. The van der Waals surface area contributed by atoms with E-state index in [1.54, 1.807) is 48.5 Å². The highest BCUT2D eigenvalue weighted by Crippen LogP contribution is 2.32. The number of hydrogen-bond donors (Lipinski definition) is 2. The third-order valence-electron chi connectivity index (χ3n) is 3.25. The lowest BCUT2D eigenvalue weighted by molar-refractivity contribution is 0.482. The minimum absolute atomic E-state index is 0.129. The Kier molecular flexibility index (Phi) is 3.52. The van der Waals surface area contributed by atoms with Gasteiger partial charge in [-0.25, -0.2) is 0 Å². The number of benzene rings is 2. The summed E-state index contributed by atoms with van der Waals surface area (Å²) in [5.74, 6) is 0. The van der Waals surface area contributed by atoms with Crippen molar-refractivity contribution in [3.05, 3.63) is 63.9 Å². The van der Waals surface area contributed by atoms with Gasteiger partial charge >= 0.3 is 10.1 Å². The molecule has 0 amide bonds. The van der Waals surface area contributed by atoms with E-state index >= 15 is 0 Å². The number of hydrogen-bond acceptors (Lipinski definition) is 3. The second-order valence-electron chi connectivity index (χ2n) is 4.69.